The maximum absolute atomic E-state index is 12.8. The summed E-state index contributed by atoms with van der Waals surface area (Å²) in [4.78, 5) is 32.9. The van der Waals surface area contributed by atoms with Gasteiger partial charge in [0, 0.05) is 44.6 Å². The smallest absolute Gasteiger partial charge is 0.272 e. The standard InChI is InChI=1S/C20H20ClN3O2/c1-13(25)24-11-15-10-23(20(26)18-8-7-16(21)9-22-18)12-17(15)19(24)14-5-3-2-4-6-14/h2-9,15,17,19H,10-12H2,1H3/t15-,17-,19-/m1/s1. The van der Waals surface area contributed by atoms with Crippen molar-refractivity contribution in [3.8, 4) is 0 Å². The van der Waals surface area contributed by atoms with Crippen LogP contribution in [0.4, 0.5) is 0 Å². The number of hydrogen-bond donors (Lipinski definition) is 0. The number of carbonyl (C=O) groups excluding carboxylic acids is 2. The third kappa shape index (κ3) is 2.97. The van der Waals surface area contributed by atoms with Crippen molar-refractivity contribution >= 4 is 23.4 Å². The van der Waals surface area contributed by atoms with Gasteiger partial charge in [0.2, 0.25) is 5.91 Å². The van der Waals surface area contributed by atoms with Gasteiger partial charge in [0.25, 0.3) is 5.91 Å². The van der Waals surface area contributed by atoms with Gasteiger partial charge in [-0.25, -0.2) is 4.98 Å². The monoisotopic (exact) mass is 369 g/mol. The molecule has 0 aliphatic carbocycles. The Morgan fingerprint density at radius 1 is 1.08 bits per heavy atom. The second kappa shape index (κ2) is 6.72. The van der Waals surface area contributed by atoms with E-state index in [1.807, 2.05) is 28.0 Å². The highest BCUT2D eigenvalue weighted by atomic mass is 35.5. The molecule has 0 radical (unpaired) electrons. The molecule has 0 saturated carbocycles. The van der Waals surface area contributed by atoms with Crippen molar-refractivity contribution in [1.82, 2.24) is 14.8 Å². The van der Waals surface area contributed by atoms with E-state index in [0.717, 1.165) is 5.56 Å². The van der Waals surface area contributed by atoms with Crippen LogP contribution in [0.5, 0.6) is 0 Å². The third-order valence-electron chi connectivity index (χ3n) is 5.44. The number of carbonyl (C=O) groups is 2. The molecule has 2 aliphatic rings. The minimum absolute atomic E-state index is 0.0228. The second-order valence-corrected chi connectivity index (χ2v) is 7.46. The molecular weight excluding hydrogens is 350 g/mol. The summed E-state index contributed by atoms with van der Waals surface area (Å²) in [7, 11) is 0. The lowest BCUT2D eigenvalue weighted by Gasteiger charge is -2.29. The average Bonchev–Trinajstić information content (AvgIpc) is 3.20. The molecule has 2 fully saturated rings. The van der Waals surface area contributed by atoms with Crippen molar-refractivity contribution in [2.24, 2.45) is 11.8 Å². The van der Waals surface area contributed by atoms with Gasteiger partial charge in [-0.2, -0.15) is 0 Å². The van der Waals surface area contributed by atoms with E-state index in [0.29, 0.717) is 36.3 Å². The van der Waals surface area contributed by atoms with Crippen molar-refractivity contribution in [3.05, 3.63) is 64.9 Å². The normalized spacial score (nSPS) is 24.6. The van der Waals surface area contributed by atoms with Gasteiger partial charge in [-0.1, -0.05) is 41.9 Å². The van der Waals surface area contributed by atoms with E-state index in [1.54, 1.807) is 19.1 Å². The predicted octanol–water partition coefficient (Wildman–Crippen LogP) is 3.03. The number of amides is 2. The zero-order valence-corrected chi connectivity index (χ0v) is 15.3. The Morgan fingerprint density at radius 3 is 2.50 bits per heavy atom. The van der Waals surface area contributed by atoms with E-state index in [2.05, 4.69) is 17.1 Å². The zero-order valence-electron chi connectivity index (χ0n) is 14.5. The Kier molecular flexibility index (Phi) is 4.41. The fourth-order valence-corrected chi connectivity index (χ4v) is 4.39. The van der Waals surface area contributed by atoms with Gasteiger partial charge in [0.15, 0.2) is 0 Å². The van der Waals surface area contributed by atoms with Crippen LogP contribution in [0.15, 0.2) is 48.7 Å². The number of fused-ring (bicyclic) bond motifs is 1. The molecule has 134 valence electrons. The van der Waals surface area contributed by atoms with Crippen LogP contribution in [0.2, 0.25) is 5.02 Å². The molecule has 2 aliphatic heterocycles. The van der Waals surface area contributed by atoms with Crippen LogP contribution in [0.3, 0.4) is 0 Å². The quantitative estimate of drug-likeness (QED) is 0.817. The highest BCUT2D eigenvalue weighted by molar-refractivity contribution is 6.30. The summed E-state index contributed by atoms with van der Waals surface area (Å²) in [6, 6.07) is 13.5. The number of hydrogen-bond acceptors (Lipinski definition) is 3. The molecule has 6 heteroatoms. The minimum atomic E-state index is -0.0720. The molecule has 0 unspecified atom stereocenters. The second-order valence-electron chi connectivity index (χ2n) is 7.02. The molecule has 26 heavy (non-hydrogen) atoms. The van der Waals surface area contributed by atoms with Crippen molar-refractivity contribution in [1.29, 1.82) is 0 Å². The van der Waals surface area contributed by atoms with Crippen LogP contribution < -0.4 is 0 Å². The fourth-order valence-electron chi connectivity index (χ4n) is 4.28. The van der Waals surface area contributed by atoms with Gasteiger partial charge in [-0.05, 0) is 17.7 Å². The lowest BCUT2D eigenvalue weighted by Crippen LogP contribution is -2.36. The van der Waals surface area contributed by atoms with Gasteiger partial charge in [-0.3, -0.25) is 9.59 Å². The van der Waals surface area contributed by atoms with Crippen LogP contribution in [0, 0.1) is 11.8 Å². The first-order valence-corrected chi connectivity index (χ1v) is 9.15. The van der Waals surface area contributed by atoms with Gasteiger partial charge < -0.3 is 9.80 Å². The van der Waals surface area contributed by atoms with E-state index >= 15 is 0 Å². The molecule has 0 spiro atoms. The molecule has 3 heterocycles. The lowest BCUT2D eigenvalue weighted by molar-refractivity contribution is -0.130. The van der Waals surface area contributed by atoms with Crippen molar-refractivity contribution in [2.45, 2.75) is 13.0 Å². The minimum Gasteiger partial charge on any atom is -0.337 e. The number of pyridine rings is 1. The van der Waals surface area contributed by atoms with Gasteiger partial charge >= 0.3 is 0 Å². The fraction of sp³-hybridized carbons (Fsp3) is 0.350. The summed E-state index contributed by atoms with van der Waals surface area (Å²) in [5.41, 5.74) is 1.54. The topological polar surface area (TPSA) is 53.5 Å². The molecule has 2 saturated heterocycles. The molecular formula is C20H20ClN3O2. The SMILES string of the molecule is CC(=O)N1C[C@H]2CN(C(=O)c3ccc(Cl)cn3)C[C@H]2[C@H]1c1ccccc1. The Morgan fingerprint density at radius 2 is 1.85 bits per heavy atom. The third-order valence-corrected chi connectivity index (χ3v) is 5.67. The van der Waals surface area contributed by atoms with E-state index in [4.69, 9.17) is 11.6 Å². The van der Waals surface area contributed by atoms with Gasteiger partial charge in [0.05, 0.1) is 11.1 Å². The lowest BCUT2D eigenvalue weighted by atomic mass is 9.89. The van der Waals surface area contributed by atoms with E-state index in [1.165, 1.54) is 6.20 Å². The molecule has 0 bridgehead atoms. The summed E-state index contributed by atoms with van der Waals surface area (Å²) in [5.74, 6) is 0.556. The largest absolute Gasteiger partial charge is 0.337 e. The Labute approximate surface area is 157 Å². The number of rotatable bonds is 2. The van der Waals surface area contributed by atoms with Crippen LogP contribution in [-0.2, 0) is 4.79 Å². The maximum atomic E-state index is 12.8. The number of benzene rings is 1. The van der Waals surface area contributed by atoms with Crippen LogP contribution >= 0.6 is 11.6 Å². The molecule has 2 aromatic rings. The van der Waals surface area contributed by atoms with E-state index in [-0.39, 0.29) is 23.8 Å². The molecule has 3 atom stereocenters. The highest BCUT2D eigenvalue weighted by Crippen LogP contribution is 2.45. The molecule has 5 nitrogen and oxygen atoms in total. The summed E-state index contributed by atoms with van der Waals surface area (Å²) < 4.78 is 0. The number of aromatic nitrogens is 1. The zero-order chi connectivity index (χ0) is 18.3. The van der Waals surface area contributed by atoms with Gasteiger partial charge in [-0.15, -0.1) is 0 Å². The first kappa shape index (κ1) is 17.0. The maximum Gasteiger partial charge on any atom is 0.272 e. The molecule has 2 amide bonds. The molecule has 1 aromatic carbocycles. The predicted molar refractivity (Wildman–Crippen MR) is 98.7 cm³/mol. The van der Waals surface area contributed by atoms with Crippen LogP contribution in [-0.4, -0.2) is 46.2 Å². The summed E-state index contributed by atoms with van der Waals surface area (Å²) in [5, 5.41) is 0.515. The van der Waals surface area contributed by atoms with Crippen molar-refractivity contribution in [3.63, 3.8) is 0 Å². The van der Waals surface area contributed by atoms with E-state index < -0.39 is 0 Å². The van der Waals surface area contributed by atoms with Crippen LogP contribution in [0.1, 0.15) is 29.0 Å². The number of halogens is 1. The average molecular weight is 370 g/mol. The number of nitrogens with zero attached hydrogens (tertiary/aromatic N) is 3. The Balaban J connectivity index is 1.57. The van der Waals surface area contributed by atoms with Crippen LogP contribution in [0.25, 0.3) is 0 Å². The van der Waals surface area contributed by atoms with Crippen molar-refractivity contribution in [2.75, 3.05) is 19.6 Å². The molecule has 1 aromatic heterocycles. The number of likely N-dealkylation sites (tertiary alicyclic amines) is 2. The first-order chi connectivity index (χ1) is 12.5. The first-order valence-electron chi connectivity index (χ1n) is 8.77. The summed E-state index contributed by atoms with van der Waals surface area (Å²) in [6.07, 6.45) is 1.50. The summed E-state index contributed by atoms with van der Waals surface area (Å²) >= 11 is 5.86. The molecule has 4 rings (SSSR count). The Hall–Kier alpha value is -2.40. The van der Waals surface area contributed by atoms with Gasteiger partial charge in [0.1, 0.15) is 5.69 Å². The highest BCUT2D eigenvalue weighted by Gasteiger charge is 2.49. The molecule has 0 N–H and O–H groups in total. The Bertz CT molecular complexity index is 825. The van der Waals surface area contributed by atoms with Crippen molar-refractivity contribution < 1.29 is 9.59 Å². The van der Waals surface area contributed by atoms with E-state index in [9.17, 15) is 9.59 Å². The summed E-state index contributed by atoms with van der Waals surface area (Å²) in [6.45, 7) is 3.60.